The van der Waals surface area contributed by atoms with Gasteiger partial charge in [-0.05, 0) is 42.7 Å². The van der Waals surface area contributed by atoms with Gasteiger partial charge in [-0.2, -0.15) is 0 Å². The number of rotatable bonds is 1. The van der Waals surface area contributed by atoms with Crippen molar-refractivity contribution in [3.63, 3.8) is 0 Å². The zero-order valence-electron chi connectivity index (χ0n) is 9.69. The van der Waals surface area contributed by atoms with Crippen LogP contribution in [0.2, 0.25) is 0 Å². The van der Waals surface area contributed by atoms with Crippen LogP contribution in [0.5, 0.6) is 5.75 Å². The van der Waals surface area contributed by atoms with Gasteiger partial charge in [0, 0.05) is 11.8 Å². The van der Waals surface area contributed by atoms with Crippen LogP contribution in [-0.4, -0.2) is 17.9 Å². The highest BCUT2D eigenvalue weighted by atomic mass is 16.5. The van der Waals surface area contributed by atoms with Crippen LogP contribution in [0.1, 0.15) is 28.9 Å². The second-order valence-electron chi connectivity index (χ2n) is 4.33. The molecule has 0 amide bonds. The van der Waals surface area contributed by atoms with Crippen LogP contribution in [0.4, 0.5) is 0 Å². The molecule has 0 atom stereocenters. The van der Waals surface area contributed by atoms with Crippen LogP contribution in [-0.2, 0) is 6.42 Å². The maximum Gasteiger partial charge on any atom is 0.181 e. The molecule has 0 radical (unpaired) electrons. The highest BCUT2D eigenvalue weighted by Gasteiger charge is 2.19. The van der Waals surface area contributed by atoms with Crippen LogP contribution < -0.4 is 4.74 Å². The molecular weight excluding hydrogens is 214 g/mol. The first-order chi connectivity index (χ1) is 8.28. The molecule has 3 heteroatoms. The van der Waals surface area contributed by atoms with Crippen LogP contribution in [0.3, 0.4) is 0 Å². The number of pyridine rings is 1. The number of aryl methyl sites for hydroxylation is 1. The highest BCUT2D eigenvalue weighted by molar-refractivity contribution is 5.99. The van der Waals surface area contributed by atoms with E-state index in [-0.39, 0.29) is 5.78 Å². The van der Waals surface area contributed by atoms with Gasteiger partial charge < -0.3 is 4.74 Å². The van der Waals surface area contributed by atoms with Gasteiger partial charge in [-0.15, -0.1) is 0 Å². The maximum atomic E-state index is 11.8. The number of carbonyl (C=O) groups is 1. The third kappa shape index (κ3) is 1.68. The lowest BCUT2D eigenvalue weighted by Crippen LogP contribution is -2.12. The first-order valence-corrected chi connectivity index (χ1v) is 5.79. The van der Waals surface area contributed by atoms with Gasteiger partial charge in [0.1, 0.15) is 11.4 Å². The van der Waals surface area contributed by atoms with Crippen molar-refractivity contribution >= 4 is 16.7 Å². The molecule has 0 aliphatic heterocycles. The molecule has 1 aliphatic rings. The third-order valence-electron chi connectivity index (χ3n) is 3.21. The summed E-state index contributed by atoms with van der Waals surface area (Å²) in [6.45, 7) is 0. The number of aromatic nitrogens is 1. The Balaban J connectivity index is 2.23. The standard InChI is InChI=1S/C14H13NO2/c1-17-11-5-6-12-10(8-11)7-9-3-2-4-13(16)14(9)15-12/h5-8H,2-4H2,1H3. The van der Waals surface area contributed by atoms with E-state index in [1.165, 1.54) is 0 Å². The number of ketones is 1. The summed E-state index contributed by atoms with van der Waals surface area (Å²) in [5.74, 6) is 0.991. The first kappa shape index (κ1) is 10.3. The molecule has 0 saturated carbocycles. The van der Waals surface area contributed by atoms with Crippen LogP contribution in [0.15, 0.2) is 24.3 Å². The highest BCUT2D eigenvalue weighted by Crippen LogP contribution is 2.26. The Bertz CT molecular complexity index is 604. The van der Waals surface area contributed by atoms with E-state index in [2.05, 4.69) is 11.1 Å². The molecule has 1 aromatic carbocycles. The van der Waals surface area contributed by atoms with E-state index in [4.69, 9.17) is 4.74 Å². The lowest BCUT2D eigenvalue weighted by atomic mass is 9.94. The van der Waals surface area contributed by atoms with Crippen molar-refractivity contribution < 1.29 is 9.53 Å². The van der Waals surface area contributed by atoms with Gasteiger partial charge >= 0.3 is 0 Å². The largest absolute Gasteiger partial charge is 0.497 e. The number of ether oxygens (including phenoxy) is 1. The molecule has 86 valence electrons. The third-order valence-corrected chi connectivity index (χ3v) is 3.21. The van der Waals surface area contributed by atoms with Gasteiger partial charge in [-0.25, -0.2) is 4.98 Å². The van der Waals surface area contributed by atoms with Gasteiger partial charge in [0.2, 0.25) is 0 Å². The Hall–Kier alpha value is -1.90. The molecular formula is C14H13NO2. The van der Waals surface area contributed by atoms with Crippen LogP contribution >= 0.6 is 0 Å². The van der Waals surface area contributed by atoms with E-state index in [0.29, 0.717) is 12.1 Å². The molecule has 0 saturated heterocycles. The van der Waals surface area contributed by atoms with Crippen molar-refractivity contribution in [2.24, 2.45) is 0 Å². The van der Waals surface area contributed by atoms with Crippen molar-refractivity contribution in [3.05, 3.63) is 35.5 Å². The van der Waals surface area contributed by atoms with E-state index in [9.17, 15) is 4.79 Å². The quantitative estimate of drug-likeness (QED) is 0.752. The molecule has 3 rings (SSSR count). The van der Waals surface area contributed by atoms with Crippen molar-refractivity contribution in [2.75, 3.05) is 7.11 Å². The Labute approximate surface area is 99.4 Å². The SMILES string of the molecule is COc1ccc2nc3c(cc2c1)CCCC3=O. The Morgan fingerprint density at radius 2 is 2.12 bits per heavy atom. The summed E-state index contributed by atoms with van der Waals surface area (Å²) in [5.41, 5.74) is 2.59. The number of methoxy groups -OCH3 is 1. The van der Waals surface area contributed by atoms with Gasteiger partial charge in [-0.1, -0.05) is 0 Å². The number of carbonyl (C=O) groups excluding carboxylic acids is 1. The Morgan fingerprint density at radius 3 is 2.94 bits per heavy atom. The minimum Gasteiger partial charge on any atom is -0.497 e. The first-order valence-electron chi connectivity index (χ1n) is 5.79. The van der Waals surface area contributed by atoms with Crippen molar-refractivity contribution in [1.29, 1.82) is 0 Å². The average Bonchev–Trinajstić information content (AvgIpc) is 2.36. The van der Waals surface area contributed by atoms with Crippen molar-refractivity contribution in [1.82, 2.24) is 4.98 Å². The van der Waals surface area contributed by atoms with Crippen molar-refractivity contribution in [2.45, 2.75) is 19.3 Å². The summed E-state index contributed by atoms with van der Waals surface area (Å²) in [6.07, 6.45) is 2.51. The van der Waals surface area contributed by atoms with Gasteiger partial charge in [0.05, 0.1) is 12.6 Å². The summed E-state index contributed by atoms with van der Waals surface area (Å²) in [6, 6.07) is 7.80. The van der Waals surface area contributed by atoms with E-state index >= 15 is 0 Å². The van der Waals surface area contributed by atoms with E-state index < -0.39 is 0 Å². The number of fused-ring (bicyclic) bond motifs is 2. The van der Waals surface area contributed by atoms with Crippen LogP contribution in [0.25, 0.3) is 10.9 Å². The number of benzene rings is 1. The van der Waals surface area contributed by atoms with E-state index in [1.807, 2.05) is 18.2 Å². The summed E-state index contributed by atoms with van der Waals surface area (Å²) < 4.78 is 5.19. The zero-order chi connectivity index (χ0) is 11.8. The lowest BCUT2D eigenvalue weighted by molar-refractivity contribution is 0.0967. The zero-order valence-corrected chi connectivity index (χ0v) is 9.69. The smallest absolute Gasteiger partial charge is 0.181 e. The molecule has 1 aliphatic carbocycles. The normalized spacial score (nSPS) is 14.8. The number of Topliss-reactive ketones (excluding diaryl/α,β-unsaturated/α-hetero) is 1. The van der Waals surface area contributed by atoms with E-state index in [1.54, 1.807) is 7.11 Å². The summed E-state index contributed by atoms with van der Waals surface area (Å²) >= 11 is 0. The van der Waals surface area contributed by atoms with Gasteiger partial charge in [0.15, 0.2) is 5.78 Å². The fourth-order valence-electron chi connectivity index (χ4n) is 2.32. The Kier molecular flexibility index (Phi) is 2.32. The minimum atomic E-state index is 0.170. The fourth-order valence-corrected chi connectivity index (χ4v) is 2.32. The Morgan fingerprint density at radius 1 is 1.24 bits per heavy atom. The molecule has 3 nitrogen and oxygen atoms in total. The molecule has 0 bridgehead atoms. The van der Waals surface area contributed by atoms with Crippen molar-refractivity contribution in [3.8, 4) is 5.75 Å². The van der Waals surface area contributed by atoms with E-state index in [0.717, 1.165) is 35.1 Å². The predicted octanol–water partition coefficient (Wildman–Crippen LogP) is 2.76. The molecule has 0 fully saturated rings. The molecule has 1 aromatic heterocycles. The molecule has 2 aromatic rings. The summed E-state index contributed by atoms with van der Waals surface area (Å²) in [4.78, 5) is 16.2. The van der Waals surface area contributed by atoms with Gasteiger partial charge in [-0.3, -0.25) is 4.79 Å². The summed E-state index contributed by atoms with van der Waals surface area (Å²) in [7, 11) is 1.65. The second kappa shape index (κ2) is 3.84. The maximum absolute atomic E-state index is 11.8. The topological polar surface area (TPSA) is 39.2 Å². The molecule has 0 unspecified atom stereocenters. The fraction of sp³-hybridized carbons (Fsp3) is 0.286. The lowest BCUT2D eigenvalue weighted by Gasteiger charge is -2.14. The van der Waals surface area contributed by atoms with Crippen LogP contribution in [0, 0.1) is 0 Å². The molecule has 17 heavy (non-hydrogen) atoms. The molecule has 0 spiro atoms. The minimum absolute atomic E-state index is 0.170. The summed E-state index contributed by atoms with van der Waals surface area (Å²) in [5, 5.41) is 1.04. The average molecular weight is 227 g/mol. The number of hydrogen-bond acceptors (Lipinski definition) is 3. The number of nitrogens with zero attached hydrogens (tertiary/aromatic N) is 1. The predicted molar refractivity (Wildman–Crippen MR) is 65.6 cm³/mol. The molecule has 0 N–H and O–H groups in total. The molecule has 1 heterocycles. The number of hydrogen-bond donors (Lipinski definition) is 0. The van der Waals surface area contributed by atoms with Gasteiger partial charge in [0.25, 0.3) is 0 Å². The monoisotopic (exact) mass is 227 g/mol. The second-order valence-corrected chi connectivity index (χ2v) is 4.33.